The second-order valence-electron chi connectivity index (χ2n) is 5.04. The third-order valence-corrected chi connectivity index (χ3v) is 2.96. The van der Waals surface area contributed by atoms with Gasteiger partial charge in [-0.3, -0.25) is 0 Å². The minimum Gasteiger partial charge on any atom is -0.494 e. The van der Waals surface area contributed by atoms with Crippen LogP contribution in [0.1, 0.15) is 25.1 Å². The van der Waals surface area contributed by atoms with Gasteiger partial charge >= 0.3 is 0 Å². The molecule has 0 fully saturated rings. The van der Waals surface area contributed by atoms with E-state index in [1.807, 2.05) is 16.8 Å². The van der Waals surface area contributed by atoms with Gasteiger partial charge in [-0.25, -0.2) is 9.37 Å². The molecule has 0 amide bonds. The smallest absolute Gasteiger partial charge is 0.165 e. The third-order valence-electron chi connectivity index (χ3n) is 2.96. The summed E-state index contributed by atoms with van der Waals surface area (Å²) in [4.78, 5) is 4.32. The molecule has 108 valence electrons. The predicted octanol–water partition coefficient (Wildman–Crippen LogP) is 2.58. The molecule has 4 nitrogen and oxygen atoms in total. The van der Waals surface area contributed by atoms with Gasteiger partial charge in [0.15, 0.2) is 11.6 Å². The summed E-state index contributed by atoms with van der Waals surface area (Å²) in [6.45, 7) is 5.52. The van der Waals surface area contributed by atoms with Gasteiger partial charge in [0.1, 0.15) is 0 Å². The van der Waals surface area contributed by atoms with Crippen LogP contribution in [0.2, 0.25) is 0 Å². The molecule has 1 N–H and O–H groups in total. The van der Waals surface area contributed by atoms with E-state index in [4.69, 9.17) is 4.74 Å². The summed E-state index contributed by atoms with van der Waals surface area (Å²) in [5.74, 6) is -0.0759. The maximum Gasteiger partial charge on any atom is 0.165 e. The van der Waals surface area contributed by atoms with E-state index in [0.717, 1.165) is 17.8 Å². The Morgan fingerprint density at radius 3 is 2.85 bits per heavy atom. The van der Waals surface area contributed by atoms with Crippen LogP contribution in [0.25, 0.3) is 0 Å². The van der Waals surface area contributed by atoms with Gasteiger partial charge in [0, 0.05) is 25.3 Å². The van der Waals surface area contributed by atoms with E-state index in [0.29, 0.717) is 12.6 Å². The molecule has 20 heavy (non-hydrogen) atoms. The van der Waals surface area contributed by atoms with Crippen molar-refractivity contribution in [3.8, 4) is 5.75 Å². The second kappa shape index (κ2) is 6.52. The van der Waals surface area contributed by atoms with Gasteiger partial charge in [-0.2, -0.15) is 0 Å². The molecule has 1 aromatic carbocycles. The van der Waals surface area contributed by atoms with Crippen LogP contribution in [-0.2, 0) is 13.1 Å². The summed E-state index contributed by atoms with van der Waals surface area (Å²) in [7, 11) is 1.46. The number of halogens is 1. The molecule has 0 saturated heterocycles. The Hall–Kier alpha value is -1.88. The van der Waals surface area contributed by atoms with Gasteiger partial charge in [0.25, 0.3) is 0 Å². The molecule has 1 aromatic heterocycles. The average Bonchev–Trinajstić information content (AvgIpc) is 2.84. The van der Waals surface area contributed by atoms with Gasteiger partial charge in [-0.05, 0) is 17.7 Å². The summed E-state index contributed by atoms with van der Waals surface area (Å²) in [6, 6.07) is 5.41. The topological polar surface area (TPSA) is 39.1 Å². The zero-order valence-electron chi connectivity index (χ0n) is 12.1. The lowest BCUT2D eigenvalue weighted by molar-refractivity contribution is 0.386. The highest BCUT2D eigenvalue weighted by molar-refractivity contribution is 5.29. The molecule has 2 aromatic rings. The van der Waals surface area contributed by atoms with Crippen molar-refractivity contribution in [2.75, 3.05) is 7.11 Å². The van der Waals surface area contributed by atoms with Crippen LogP contribution in [0.5, 0.6) is 5.75 Å². The van der Waals surface area contributed by atoms with Crippen molar-refractivity contribution in [3.63, 3.8) is 0 Å². The number of methoxy groups -OCH3 is 1. The molecule has 0 aliphatic rings. The zero-order valence-corrected chi connectivity index (χ0v) is 12.1. The van der Waals surface area contributed by atoms with Crippen LogP contribution in [-0.4, -0.2) is 22.7 Å². The molecule has 0 radical (unpaired) electrons. The van der Waals surface area contributed by atoms with Crippen molar-refractivity contribution in [1.29, 1.82) is 0 Å². The largest absolute Gasteiger partial charge is 0.494 e. The predicted molar refractivity (Wildman–Crippen MR) is 76.3 cm³/mol. The summed E-state index contributed by atoms with van der Waals surface area (Å²) in [5, 5.41) is 3.31. The van der Waals surface area contributed by atoms with E-state index >= 15 is 0 Å². The minimum atomic E-state index is -0.341. The second-order valence-corrected chi connectivity index (χ2v) is 5.04. The number of hydrogen-bond donors (Lipinski definition) is 1. The summed E-state index contributed by atoms with van der Waals surface area (Å²) < 4.78 is 20.5. The lowest BCUT2D eigenvalue weighted by Gasteiger charge is -2.06. The van der Waals surface area contributed by atoms with Gasteiger partial charge in [-0.1, -0.05) is 19.9 Å². The van der Waals surface area contributed by atoms with Gasteiger partial charge in [0.2, 0.25) is 0 Å². The first-order valence-electron chi connectivity index (χ1n) is 6.65. The first kappa shape index (κ1) is 14.5. The van der Waals surface area contributed by atoms with Crippen molar-refractivity contribution in [2.45, 2.75) is 33.0 Å². The van der Waals surface area contributed by atoms with Crippen molar-refractivity contribution in [1.82, 2.24) is 14.9 Å². The fraction of sp³-hybridized carbons (Fsp3) is 0.400. The fourth-order valence-electron chi connectivity index (χ4n) is 1.91. The van der Waals surface area contributed by atoms with Crippen LogP contribution < -0.4 is 10.1 Å². The van der Waals surface area contributed by atoms with Crippen LogP contribution in [0, 0.1) is 5.82 Å². The number of ether oxygens (including phenoxy) is 1. The molecule has 2 rings (SSSR count). The molecule has 0 aliphatic carbocycles. The maximum absolute atomic E-state index is 13.6. The van der Waals surface area contributed by atoms with E-state index in [1.54, 1.807) is 12.4 Å². The Kier molecular flexibility index (Phi) is 4.74. The third kappa shape index (κ3) is 3.81. The number of hydrogen-bond acceptors (Lipinski definition) is 3. The molecule has 5 heteroatoms. The number of benzene rings is 1. The van der Waals surface area contributed by atoms with Crippen LogP contribution >= 0.6 is 0 Å². The van der Waals surface area contributed by atoms with Gasteiger partial charge in [0.05, 0.1) is 19.1 Å². The van der Waals surface area contributed by atoms with Crippen molar-refractivity contribution in [3.05, 3.63) is 47.8 Å². The molecular formula is C15H20FN3O. The highest BCUT2D eigenvalue weighted by Crippen LogP contribution is 2.18. The SMILES string of the molecule is COc1ccc(Cn2cnc(CNC(C)C)c2)cc1F. The van der Waals surface area contributed by atoms with E-state index in [-0.39, 0.29) is 11.6 Å². The Bertz CT molecular complexity index is 566. The standard InChI is InChI=1S/C15H20FN3O/c1-11(2)17-7-13-9-19(10-18-13)8-12-4-5-15(20-3)14(16)6-12/h4-6,9-11,17H,7-8H2,1-3H3. The summed E-state index contributed by atoms with van der Waals surface area (Å²) in [6.07, 6.45) is 3.73. The Balaban J connectivity index is 2.01. The monoisotopic (exact) mass is 277 g/mol. The first-order valence-corrected chi connectivity index (χ1v) is 6.65. The normalized spacial score (nSPS) is 11.1. The van der Waals surface area contributed by atoms with Gasteiger partial charge in [-0.15, -0.1) is 0 Å². The Morgan fingerprint density at radius 2 is 2.20 bits per heavy atom. The number of nitrogens with zero attached hydrogens (tertiary/aromatic N) is 2. The van der Waals surface area contributed by atoms with Crippen LogP contribution in [0.4, 0.5) is 4.39 Å². The lowest BCUT2D eigenvalue weighted by Crippen LogP contribution is -2.21. The molecule has 0 atom stereocenters. The number of imidazole rings is 1. The number of nitrogens with one attached hydrogen (secondary N) is 1. The molecule has 0 spiro atoms. The number of rotatable bonds is 6. The summed E-state index contributed by atoms with van der Waals surface area (Å²) in [5.41, 5.74) is 1.86. The van der Waals surface area contributed by atoms with Crippen LogP contribution in [0.15, 0.2) is 30.7 Å². The molecular weight excluding hydrogens is 257 g/mol. The van der Waals surface area contributed by atoms with E-state index in [2.05, 4.69) is 24.1 Å². The Labute approximate surface area is 118 Å². The van der Waals surface area contributed by atoms with Gasteiger partial charge < -0.3 is 14.6 Å². The van der Waals surface area contributed by atoms with Crippen molar-refractivity contribution < 1.29 is 9.13 Å². The Morgan fingerprint density at radius 1 is 1.40 bits per heavy atom. The number of aromatic nitrogens is 2. The molecule has 0 bridgehead atoms. The quantitative estimate of drug-likeness (QED) is 0.882. The summed E-state index contributed by atoms with van der Waals surface area (Å²) >= 11 is 0. The highest BCUT2D eigenvalue weighted by Gasteiger charge is 2.05. The van der Waals surface area contributed by atoms with E-state index in [1.165, 1.54) is 13.2 Å². The van der Waals surface area contributed by atoms with Crippen LogP contribution in [0.3, 0.4) is 0 Å². The first-order chi connectivity index (χ1) is 9.58. The molecule has 0 aliphatic heterocycles. The van der Waals surface area contributed by atoms with Crippen molar-refractivity contribution >= 4 is 0 Å². The average molecular weight is 277 g/mol. The van der Waals surface area contributed by atoms with Crippen molar-refractivity contribution in [2.24, 2.45) is 0 Å². The lowest BCUT2D eigenvalue weighted by atomic mass is 10.2. The molecule has 1 heterocycles. The van der Waals surface area contributed by atoms with E-state index < -0.39 is 0 Å². The highest BCUT2D eigenvalue weighted by atomic mass is 19.1. The molecule has 0 saturated carbocycles. The van der Waals surface area contributed by atoms with E-state index in [9.17, 15) is 4.39 Å². The fourth-order valence-corrected chi connectivity index (χ4v) is 1.91. The minimum absolute atomic E-state index is 0.265. The zero-order chi connectivity index (χ0) is 14.5. The maximum atomic E-state index is 13.6. The molecule has 0 unspecified atom stereocenters.